The summed E-state index contributed by atoms with van der Waals surface area (Å²) in [5, 5.41) is 2.75. The Morgan fingerprint density at radius 2 is 1.65 bits per heavy atom. The molecule has 0 fully saturated rings. The lowest BCUT2D eigenvalue weighted by Gasteiger charge is -2.08. The first-order chi connectivity index (χ1) is 11.1. The lowest BCUT2D eigenvalue weighted by molar-refractivity contribution is -0.116. The van der Waals surface area contributed by atoms with E-state index in [2.05, 4.69) is 10.1 Å². The van der Waals surface area contributed by atoms with Crippen LogP contribution in [-0.4, -0.2) is 25.6 Å². The quantitative estimate of drug-likeness (QED) is 0.832. The van der Waals surface area contributed by atoms with Crippen molar-refractivity contribution < 1.29 is 19.1 Å². The number of carbonyl (C=O) groups excluding carboxylic acids is 2. The summed E-state index contributed by atoms with van der Waals surface area (Å²) in [6.07, 6.45) is 0.243. The molecule has 23 heavy (non-hydrogen) atoms. The van der Waals surface area contributed by atoms with Crippen molar-refractivity contribution in [3.63, 3.8) is 0 Å². The average molecular weight is 313 g/mol. The highest BCUT2D eigenvalue weighted by molar-refractivity contribution is 5.93. The minimum Gasteiger partial charge on any atom is -0.493 e. The Morgan fingerprint density at radius 1 is 1.00 bits per heavy atom. The van der Waals surface area contributed by atoms with Crippen LogP contribution < -0.4 is 10.1 Å². The molecule has 0 radical (unpaired) electrons. The standard InChI is InChI=1S/C18H19NO4/c1-13-3-9-16(10-4-13)23-12-11-17(20)19-15-7-5-14(6-8-15)18(21)22-2/h3-10H,11-12H2,1-2H3,(H,19,20). The number of anilines is 1. The van der Waals surface area contributed by atoms with Crippen LogP contribution in [0.4, 0.5) is 5.69 Å². The van der Waals surface area contributed by atoms with Gasteiger partial charge in [0, 0.05) is 5.69 Å². The Kier molecular flexibility index (Phi) is 5.74. The minimum absolute atomic E-state index is 0.150. The summed E-state index contributed by atoms with van der Waals surface area (Å²) in [7, 11) is 1.33. The molecule has 0 heterocycles. The van der Waals surface area contributed by atoms with E-state index in [-0.39, 0.29) is 12.3 Å². The third-order valence-electron chi connectivity index (χ3n) is 3.21. The largest absolute Gasteiger partial charge is 0.493 e. The maximum atomic E-state index is 11.8. The molecule has 0 aliphatic carbocycles. The van der Waals surface area contributed by atoms with Crippen LogP contribution >= 0.6 is 0 Å². The van der Waals surface area contributed by atoms with E-state index in [9.17, 15) is 9.59 Å². The number of hydrogen-bond acceptors (Lipinski definition) is 4. The van der Waals surface area contributed by atoms with Crippen molar-refractivity contribution in [1.29, 1.82) is 0 Å². The second kappa shape index (κ2) is 7.98. The second-order valence-corrected chi connectivity index (χ2v) is 5.03. The molecule has 1 N–H and O–H groups in total. The van der Waals surface area contributed by atoms with Gasteiger partial charge >= 0.3 is 5.97 Å². The zero-order valence-electron chi connectivity index (χ0n) is 13.2. The number of benzene rings is 2. The average Bonchev–Trinajstić information content (AvgIpc) is 2.56. The molecule has 0 saturated carbocycles. The van der Waals surface area contributed by atoms with Crippen LogP contribution in [0, 0.1) is 6.92 Å². The topological polar surface area (TPSA) is 64.6 Å². The predicted molar refractivity (Wildman–Crippen MR) is 87.7 cm³/mol. The van der Waals surface area contributed by atoms with Crippen molar-refractivity contribution >= 4 is 17.6 Å². The Morgan fingerprint density at radius 3 is 2.26 bits per heavy atom. The monoisotopic (exact) mass is 313 g/mol. The number of rotatable bonds is 6. The molecule has 0 aromatic heterocycles. The van der Waals surface area contributed by atoms with Gasteiger partial charge in [0.25, 0.3) is 0 Å². The molecule has 5 nitrogen and oxygen atoms in total. The van der Waals surface area contributed by atoms with Crippen molar-refractivity contribution in [3.8, 4) is 5.75 Å². The van der Waals surface area contributed by atoms with Crippen LogP contribution in [0.5, 0.6) is 5.75 Å². The molecule has 0 bridgehead atoms. The van der Waals surface area contributed by atoms with Crippen LogP contribution in [0.1, 0.15) is 22.3 Å². The molecule has 2 aromatic rings. The number of esters is 1. The first-order valence-electron chi connectivity index (χ1n) is 7.26. The normalized spacial score (nSPS) is 10.0. The van der Waals surface area contributed by atoms with E-state index in [1.807, 2.05) is 31.2 Å². The number of aryl methyl sites for hydroxylation is 1. The number of amides is 1. The van der Waals surface area contributed by atoms with Gasteiger partial charge in [-0.25, -0.2) is 4.79 Å². The maximum Gasteiger partial charge on any atom is 0.337 e. The van der Waals surface area contributed by atoms with Gasteiger partial charge in [0.05, 0.1) is 25.7 Å². The molecule has 0 spiro atoms. The number of nitrogens with one attached hydrogen (secondary N) is 1. The Balaban J connectivity index is 1.78. The van der Waals surface area contributed by atoms with Crippen LogP contribution in [-0.2, 0) is 9.53 Å². The molecule has 0 saturated heterocycles. The summed E-state index contributed by atoms with van der Waals surface area (Å²) >= 11 is 0. The smallest absolute Gasteiger partial charge is 0.337 e. The molecule has 0 aliphatic rings. The summed E-state index contributed by atoms with van der Waals surface area (Å²) in [5.41, 5.74) is 2.22. The third-order valence-corrected chi connectivity index (χ3v) is 3.21. The van der Waals surface area contributed by atoms with Gasteiger partial charge in [0.2, 0.25) is 5.91 Å². The summed E-state index contributed by atoms with van der Waals surface area (Å²) in [6.45, 7) is 2.30. The van der Waals surface area contributed by atoms with Crippen molar-refractivity contribution in [3.05, 3.63) is 59.7 Å². The summed E-state index contributed by atoms with van der Waals surface area (Å²) in [4.78, 5) is 23.2. The summed E-state index contributed by atoms with van der Waals surface area (Å²) in [5.74, 6) is 0.183. The van der Waals surface area contributed by atoms with Crippen LogP contribution in [0.3, 0.4) is 0 Å². The molecule has 0 unspecified atom stereocenters. The zero-order chi connectivity index (χ0) is 16.7. The molecular formula is C18H19NO4. The van der Waals surface area contributed by atoms with Gasteiger partial charge in [0.1, 0.15) is 5.75 Å². The Labute approximate surface area is 135 Å². The fourth-order valence-electron chi connectivity index (χ4n) is 1.93. The van der Waals surface area contributed by atoms with E-state index in [4.69, 9.17) is 4.74 Å². The van der Waals surface area contributed by atoms with Gasteiger partial charge < -0.3 is 14.8 Å². The van der Waals surface area contributed by atoms with Crippen molar-refractivity contribution in [2.45, 2.75) is 13.3 Å². The number of carbonyl (C=O) groups is 2. The van der Waals surface area contributed by atoms with Crippen LogP contribution in [0.2, 0.25) is 0 Å². The van der Waals surface area contributed by atoms with Gasteiger partial charge in [-0.2, -0.15) is 0 Å². The van der Waals surface area contributed by atoms with Crippen molar-refractivity contribution in [2.24, 2.45) is 0 Å². The van der Waals surface area contributed by atoms with Crippen LogP contribution in [0.15, 0.2) is 48.5 Å². The summed E-state index contributed by atoms with van der Waals surface area (Å²) < 4.78 is 10.1. The minimum atomic E-state index is -0.408. The third kappa shape index (κ3) is 5.14. The second-order valence-electron chi connectivity index (χ2n) is 5.03. The van der Waals surface area contributed by atoms with E-state index in [0.29, 0.717) is 17.9 Å². The van der Waals surface area contributed by atoms with Gasteiger partial charge in [-0.3, -0.25) is 4.79 Å². The van der Waals surface area contributed by atoms with E-state index in [1.54, 1.807) is 24.3 Å². The van der Waals surface area contributed by atoms with Gasteiger partial charge in [-0.05, 0) is 43.3 Å². The fraction of sp³-hybridized carbons (Fsp3) is 0.222. The molecule has 2 rings (SSSR count). The SMILES string of the molecule is COC(=O)c1ccc(NC(=O)CCOc2ccc(C)cc2)cc1. The van der Waals surface area contributed by atoms with Gasteiger partial charge in [0.15, 0.2) is 0 Å². The molecule has 5 heteroatoms. The van der Waals surface area contributed by atoms with E-state index >= 15 is 0 Å². The molecule has 0 atom stereocenters. The zero-order valence-corrected chi connectivity index (χ0v) is 13.2. The van der Waals surface area contributed by atoms with E-state index in [1.165, 1.54) is 7.11 Å². The highest BCUT2D eigenvalue weighted by atomic mass is 16.5. The van der Waals surface area contributed by atoms with Crippen LogP contribution in [0.25, 0.3) is 0 Å². The molecule has 0 aliphatic heterocycles. The summed E-state index contributed by atoms with van der Waals surface area (Å²) in [6, 6.07) is 14.2. The first-order valence-corrected chi connectivity index (χ1v) is 7.26. The van der Waals surface area contributed by atoms with Crippen molar-refractivity contribution in [2.75, 3.05) is 19.0 Å². The molecule has 120 valence electrons. The van der Waals surface area contributed by atoms with Gasteiger partial charge in [-0.1, -0.05) is 17.7 Å². The molecular weight excluding hydrogens is 294 g/mol. The highest BCUT2D eigenvalue weighted by Crippen LogP contribution is 2.13. The van der Waals surface area contributed by atoms with E-state index in [0.717, 1.165) is 11.3 Å². The number of hydrogen-bond donors (Lipinski definition) is 1. The lowest BCUT2D eigenvalue weighted by atomic mass is 10.2. The maximum absolute atomic E-state index is 11.8. The van der Waals surface area contributed by atoms with E-state index < -0.39 is 5.97 Å². The lowest BCUT2D eigenvalue weighted by Crippen LogP contribution is -2.15. The Bertz CT molecular complexity index is 662. The molecule has 2 aromatic carbocycles. The fourth-order valence-corrected chi connectivity index (χ4v) is 1.93. The van der Waals surface area contributed by atoms with Crippen molar-refractivity contribution in [1.82, 2.24) is 0 Å². The highest BCUT2D eigenvalue weighted by Gasteiger charge is 2.06. The molecule has 1 amide bonds. The predicted octanol–water partition coefficient (Wildman–Crippen LogP) is 3.19. The Hall–Kier alpha value is -2.82. The number of methoxy groups -OCH3 is 1. The van der Waals surface area contributed by atoms with Gasteiger partial charge in [-0.15, -0.1) is 0 Å². The number of ether oxygens (including phenoxy) is 2. The first kappa shape index (κ1) is 16.5.